The quantitative estimate of drug-likeness (QED) is 0.570. The molecule has 0 saturated carbocycles. The highest BCUT2D eigenvalue weighted by Crippen LogP contribution is 2.33. The smallest absolute Gasteiger partial charge is 0.240 e. The van der Waals surface area contributed by atoms with E-state index >= 15 is 0 Å². The second kappa shape index (κ2) is 8.84. The zero-order valence-electron chi connectivity index (χ0n) is 14.1. The number of benzene rings is 1. The van der Waals surface area contributed by atoms with Crippen molar-refractivity contribution in [1.29, 1.82) is 0 Å². The molecule has 0 radical (unpaired) electrons. The molecule has 128 valence electrons. The molecule has 0 aliphatic heterocycles. The van der Waals surface area contributed by atoms with Gasteiger partial charge in [-0.2, -0.15) is 0 Å². The molecule has 1 aromatic heterocycles. The first-order valence-electron chi connectivity index (χ1n) is 7.70. The number of rotatable bonds is 8. The van der Waals surface area contributed by atoms with Crippen LogP contribution in [0.1, 0.15) is 13.8 Å². The van der Waals surface area contributed by atoms with Crippen molar-refractivity contribution >= 4 is 39.8 Å². The molecule has 1 unspecified atom stereocenters. The van der Waals surface area contributed by atoms with E-state index in [2.05, 4.69) is 22.1 Å². The largest absolute Gasteiger partial charge is 0.357 e. The first-order valence-corrected chi connectivity index (χ1v) is 9.40. The minimum absolute atomic E-state index is 0.0667. The van der Waals surface area contributed by atoms with Gasteiger partial charge in [-0.1, -0.05) is 61.2 Å². The number of hydrogen-bond acceptors (Lipinski definition) is 6. The van der Waals surface area contributed by atoms with Crippen LogP contribution in [0.2, 0.25) is 0 Å². The van der Waals surface area contributed by atoms with E-state index < -0.39 is 0 Å². The molecule has 0 aliphatic carbocycles. The predicted octanol–water partition coefficient (Wildman–Crippen LogP) is 3.92. The Morgan fingerprint density at radius 1 is 1.38 bits per heavy atom. The normalized spacial score (nSPS) is 12.0. The summed E-state index contributed by atoms with van der Waals surface area (Å²) in [5, 5.41) is 11.9. The van der Waals surface area contributed by atoms with E-state index in [4.69, 9.17) is 0 Å². The fraction of sp³-hybridized carbons (Fsp3) is 0.353. The zero-order chi connectivity index (χ0) is 17.5. The maximum absolute atomic E-state index is 12.9. The van der Waals surface area contributed by atoms with E-state index in [-0.39, 0.29) is 17.1 Å². The minimum atomic E-state index is -0.213. The van der Waals surface area contributed by atoms with Gasteiger partial charge < -0.3 is 10.2 Å². The molecule has 2 rings (SSSR count). The number of nitrogens with zero attached hydrogens (tertiary/aromatic N) is 3. The second-order valence-corrected chi connectivity index (χ2v) is 7.92. The van der Waals surface area contributed by atoms with Crippen molar-refractivity contribution in [1.82, 2.24) is 10.2 Å². The fourth-order valence-electron chi connectivity index (χ4n) is 2.04. The highest BCUT2D eigenvalue weighted by molar-refractivity contribution is 8.02. The van der Waals surface area contributed by atoms with Crippen molar-refractivity contribution in [3.63, 3.8) is 0 Å². The highest BCUT2D eigenvalue weighted by Gasteiger charge is 2.28. The van der Waals surface area contributed by atoms with E-state index in [1.54, 1.807) is 11.0 Å². The van der Waals surface area contributed by atoms with Gasteiger partial charge in [0.2, 0.25) is 11.0 Å². The van der Waals surface area contributed by atoms with Crippen molar-refractivity contribution in [3.8, 4) is 0 Å². The lowest BCUT2D eigenvalue weighted by atomic mass is 10.1. The monoisotopic (exact) mass is 362 g/mol. The first-order chi connectivity index (χ1) is 11.5. The number of nitrogens with one attached hydrogen (secondary N) is 1. The minimum Gasteiger partial charge on any atom is -0.357 e. The molecule has 0 fully saturated rings. The molecular weight excluding hydrogens is 340 g/mol. The van der Waals surface area contributed by atoms with Crippen LogP contribution in [-0.2, 0) is 4.79 Å². The van der Waals surface area contributed by atoms with Crippen LogP contribution in [0.25, 0.3) is 0 Å². The van der Waals surface area contributed by atoms with E-state index in [0.717, 1.165) is 15.2 Å². The molecule has 1 heterocycles. The SMILES string of the molecule is C=CCNc1nnc(SC(C(=O)N(C)c2ccccc2)C(C)C)s1. The summed E-state index contributed by atoms with van der Waals surface area (Å²) in [5.41, 5.74) is 0.888. The number of para-hydroxylation sites is 1. The zero-order valence-corrected chi connectivity index (χ0v) is 15.7. The lowest BCUT2D eigenvalue weighted by Crippen LogP contribution is -2.37. The van der Waals surface area contributed by atoms with Gasteiger partial charge in [0.05, 0.1) is 5.25 Å². The van der Waals surface area contributed by atoms with E-state index in [0.29, 0.717) is 6.54 Å². The molecule has 0 saturated heterocycles. The van der Waals surface area contributed by atoms with Gasteiger partial charge in [0, 0.05) is 19.3 Å². The number of hydrogen-bond donors (Lipinski definition) is 1. The average molecular weight is 363 g/mol. The molecule has 1 N–H and O–H groups in total. The molecule has 24 heavy (non-hydrogen) atoms. The van der Waals surface area contributed by atoms with Crippen LogP contribution >= 0.6 is 23.1 Å². The van der Waals surface area contributed by atoms with E-state index in [9.17, 15) is 4.79 Å². The van der Waals surface area contributed by atoms with Crippen LogP contribution < -0.4 is 10.2 Å². The molecule has 5 nitrogen and oxygen atoms in total. The Bertz CT molecular complexity index is 672. The predicted molar refractivity (Wildman–Crippen MR) is 103 cm³/mol. The molecule has 0 spiro atoms. The Morgan fingerprint density at radius 3 is 2.71 bits per heavy atom. The van der Waals surface area contributed by atoms with Crippen LogP contribution in [0.3, 0.4) is 0 Å². The molecule has 1 aromatic carbocycles. The average Bonchev–Trinajstić information content (AvgIpc) is 3.04. The van der Waals surface area contributed by atoms with Gasteiger partial charge in [0.1, 0.15) is 0 Å². The standard InChI is InChI=1S/C17H22N4OS2/c1-5-11-18-16-19-20-17(24-16)23-14(12(2)3)15(22)21(4)13-9-7-6-8-10-13/h5-10,12,14H,1,11H2,2-4H3,(H,18,19). The van der Waals surface area contributed by atoms with Crippen molar-refractivity contribution in [2.45, 2.75) is 23.4 Å². The number of amides is 1. The number of carbonyl (C=O) groups excluding carboxylic acids is 1. The van der Waals surface area contributed by atoms with Crippen molar-refractivity contribution in [2.24, 2.45) is 5.92 Å². The molecule has 0 bridgehead atoms. The summed E-state index contributed by atoms with van der Waals surface area (Å²) in [5.74, 6) is 0.249. The third kappa shape index (κ3) is 4.82. The molecule has 0 aliphatic rings. The maximum atomic E-state index is 12.9. The maximum Gasteiger partial charge on any atom is 0.240 e. The summed E-state index contributed by atoms with van der Waals surface area (Å²) >= 11 is 2.92. The van der Waals surface area contributed by atoms with Crippen LogP contribution in [0.4, 0.5) is 10.8 Å². The summed E-state index contributed by atoms with van der Waals surface area (Å²) in [6, 6.07) is 9.66. The lowest BCUT2D eigenvalue weighted by Gasteiger charge is -2.25. The third-order valence-corrected chi connectivity index (χ3v) is 5.85. The molecule has 2 aromatic rings. The van der Waals surface area contributed by atoms with Gasteiger partial charge in [-0.15, -0.1) is 16.8 Å². The highest BCUT2D eigenvalue weighted by atomic mass is 32.2. The van der Waals surface area contributed by atoms with Crippen molar-refractivity contribution in [3.05, 3.63) is 43.0 Å². The van der Waals surface area contributed by atoms with Gasteiger partial charge in [-0.25, -0.2) is 0 Å². The Hall–Kier alpha value is -1.86. The second-order valence-electron chi connectivity index (χ2n) is 5.56. The lowest BCUT2D eigenvalue weighted by molar-refractivity contribution is -0.118. The number of thioether (sulfide) groups is 1. The summed E-state index contributed by atoms with van der Waals surface area (Å²) in [4.78, 5) is 14.6. The summed E-state index contributed by atoms with van der Waals surface area (Å²) in [7, 11) is 1.81. The summed E-state index contributed by atoms with van der Waals surface area (Å²) in [6.07, 6.45) is 1.77. The van der Waals surface area contributed by atoms with E-state index in [1.807, 2.05) is 51.2 Å². The first kappa shape index (κ1) is 18.5. The van der Waals surface area contributed by atoms with Gasteiger partial charge in [0.25, 0.3) is 0 Å². The number of anilines is 2. The Kier molecular flexibility index (Phi) is 6.81. The van der Waals surface area contributed by atoms with Gasteiger partial charge in [-0.05, 0) is 18.1 Å². The summed E-state index contributed by atoms with van der Waals surface area (Å²) < 4.78 is 0.787. The van der Waals surface area contributed by atoms with Crippen molar-refractivity contribution < 1.29 is 4.79 Å². The Balaban J connectivity index is 2.10. The Labute approximate surface area is 151 Å². The van der Waals surface area contributed by atoms with Crippen LogP contribution in [0.5, 0.6) is 0 Å². The van der Waals surface area contributed by atoms with Crippen LogP contribution in [0.15, 0.2) is 47.3 Å². The Morgan fingerprint density at radius 2 is 2.08 bits per heavy atom. The summed E-state index contributed by atoms with van der Waals surface area (Å²) in [6.45, 7) is 8.40. The van der Waals surface area contributed by atoms with Crippen LogP contribution in [0, 0.1) is 5.92 Å². The molecule has 7 heteroatoms. The van der Waals surface area contributed by atoms with Gasteiger partial charge in [-0.3, -0.25) is 4.79 Å². The topological polar surface area (TPSA) is 58.1 Å². The number of carbonyl (C=O) groups is 1. The molecular formula is C17H22N4OS2. The third-order valence-electron chi connectivity index (χ3n) is 3.35. The van der Waals surface area contributed by atoms with Gasteiger partial charge in [0.15, 0.2) is 4.34 Å². The van der Waals surface area contributed by atoms with Gasteiger partial charge >= 0.3 is 0 Å². The van der Waals surface area contributed by atoms with E-state index in [1.165, 1.54) is 23.1 Å². The van der Waals surface area contributed by atoms with Crippen LogP contribution in [-0.4, -0.2) is 34.9 Å². The van der Waals surface area contributed by atoms with Crippen molar-refractivity contribution in [2.75, 3.05) is 23.8 Å². The molecule has 1 atom stereocenters. The number of aromatic nitrogens is 2. The molecule has 1 amide bonds. The fourth-order valence-corrected chi connectivity index (χ4v) is 4.10.